The lowest BCUT2D eigenvalue weighted by atomic mass is 9.91. The first-order valence-corrected chi connectivity index (χ1v) is 4.77. The number of nitrogens with one attached hydrogen (secondary N) is 1. The van der Waals surface area contributed by atoms with Crippen LogP contribution in [-0.4, -0.2) is 16.6 Å². The maximum Gasteiger partial charge on any atom is 0.197 e. The van der Waals surface area contributed by atoms with Crippen molar-refractivity contribution in [1.82, 2.24) is 5.43 Å². The second-order valence-corrected chi connectivity index (χ2v) is 4.60. The summed E-state index contributed by atoms with van der Waals surface area (Å²) in [5.41, 5.74) is 3.69. The van der Waals surface area contributed by atoms with Crippen LogP contribution in [0.25, 0.3) is 0 Å². The SMILES string of the molecule is CC(C)(C)C1=NN=C(NN)SC1. The average Bonchev–Trinajstić information content (AvgIpc) is 2.03. The molecular weight excluding hydrogens is 172 g/mol. The van der Waals surface area contributed by atoms with Gasteiger partial charge in [-0.05, 0) is 0 Å². The van der Waals surface area contributed by atoms with E-state index in [4.69, 9.17) is 5.84 Å². The normalized spacial score (nSPS) is 18.3. The van der Waals surface area contributed by atoms with Crippen molar-refractivity contribution in [3.05, 3.63) is 0 Å². The van der Waals surface area contributed by atoms with Crippen LogP contribution in [0.4, 0.5) is 0 Å². The summed E-state index contributed by atoms with van der Waals surface area (Å²) in [5.74, 6) is 6.05. The lowest BCUT2D eigenvalue weighted by Gasteiger charge is -2.22. The van der Waals surface area contributed by atoms with Crippen LogP contribution in [-0.2, 0) is 0 Å². The number of thioether (sulfide) groups is 1. The predicted octanol–water partition coefficient (Wildman–Crippen LogP) is 0.955. The summed E-state index contributed by atoms with van der Waals surface area (Å²) >= 11 is 1.58. The van der Waals surface area contributed by atoms with Crippen LogP contribution in [0.3, 0.4) is 0 Å². The van der Waals surface area contributed by atoms with E-state index in [1.165, 1.54) is 0 Å². The monoisotopic (exact) mass is 186 g/mol. The Bertz CT molecular complexity index is 226. The number of hydrogen-bond acceptors (Lipinski definition) is 5. The van der Waals surface area contributed by atoms with E-state index in [1.807, 2.05) is 0 Å². The van der Waals surface area contributed by atoms with Gasteiger partial charge in [0.1, 0.15) is 0 Å². The lowest BCUT2D eigenvalue weighted by molar-refractivity contribution is 0.586. The number of hydrazine groups is 1. The van der Waals surface area contributed by atoms with Crippen LogP contribution in [0, 0.1) is 5.41 Å². The molecule has 0 saturated carbocycles. The van der Waals surface area contributed by atoms with E-state index >= 15 is 0 Å². The zero-order valence-corrected chi connectivity index (χ0v) is 8.40. The third-order valence-electron chi connectivity index (χ3n) is 1.60. The Morgan fingerprint density at radius 1 is 1.42 bits per heavy atom. The standard InChI is InChI=1S/C7H14N4S/c1-7(2,3)5-4-12-6(9-8)11-10-5/h4,8H2,1-3H3,(H,9,11). The first kappa shape index (κ1) is 9.54. The van der Waals surface area contributed by atoms with Gasteiger partial charge in [-0.1, -0.05) is 32.5 Å². The van der Waals surface area contributed by atoms with Gasteiger partial charge in [-0.3, -0.25) is 0 Å². The number of hydrogen-bond donors (Lipinski definition) is 2. The molecule has 4 nitrogen and oxygen atoms in total. The number of amidine groups is 1. The average molecular weight is 186 g/mol. The van der Waals surface area contributed by atoms with Crippen molar-refractivity contribution in [2.24, 2.45) is 21.5 Å². The third-order valence-corrected chi connectivity index (χ3v) is 2.49. The summed E-state index contributed by atoms with van der Waals surface area (Å²) in [6.45, 7) is 6.38. The highest BCUT2D eigenvalue weighted by Crippen LogP contribution is 2.22. The Balaban J connectivity index is 2.73. The minimum Gasteiger partial charge on any atom is -0.301 e. The van der Waals surface area contributed by atoms with E-state index in [0.717, 1.165) is 11.5 Å². The van der Waals surface area contributed by atoms with Crippen molar-refractivity contribution in [2.75, 3.05) is 5.75 Å². The first-order valence-electron chi connectivity index (χ1n) is 3.78. The molecule has 0 radical (unpaired) electrons. The van der Waals surface area contributed by atoms with Crippen LogP contribution >= 0.6 is 11.8 Å². The minimum absolute atomic E-state index is 0.108. The van der Waals surface area contributed by atoms with Crippen molar-refractivity contribution in [3.63, 3.8) is 0 Å². The molecular formula is C7H14N4S. The van der Waals surface area contributed by atoms with Crippen LogP contribution < -0.4 is 11.3 Å². The Morgan fingerprint density at radius 2 is 2.08 bits per heavy atom. The molecule has 0 aromatic rings. The molecule has 0 aliphatic carbocycles. The number of nitrogens with two attached hydrogens (primary N) is 1. The maximum absolute atomic E-state index is 5.19. The third kappa shape index (κ3) is 2.22. The van der Waals surface area contributed by atoms with E-state index in [2.05, 4.69) is 36.4 Å². The zero-order valence-electron chi connectivity index (χ0n) is 7.59. The molecule has 1 aliphatic heterocycles. The molecule has 12 heavy (non-hydrogen) atoms. The largest absolute Gasteiger partial charge is 0.301 e. The summed E-state index contributed by atoms with van der Waals surface area (Å²) in [7, 11) is 0. The molecule has 0 spiro atoms. The summed E-state index contributed by atoms with van der Waals surface area (Å²) in [5, 5.41) is 8.70. The van der Waals surface area contributed by atoms with E-state index in [9.17, 15) is 0 Å². The Labute approximate surface area is 76.7 Å². The van der Waals surface area contributed by atoms with E-state index in [-0.39, 0.29) is 5.41 Å². The molecule has 0 atom stereocenters. The van der Waals surface area contributed by atoms with Crippen molar-refractivity contribution < 1.29 is 0 Å². The van der Waals surface area contributed by atoms with Gasteiger partial charge in [0.25, 0.3) is 0 Å². The molecule has 0 aromatic carbocycles. The zero-order chi connectivity index (χ0) is 9.19. The topological polar surface area (TPSA) is 62.8 Å². The van der Waals surface area contributed by atoms with Crippen molar-refractivity contribution in [3.8, 4) is 0 Å². The molecule has 0 aromatic heterocycles. The smallest absolute Gasteiger partial charge is 0.197 e. The van der Waals surface area contributed by atoms with Gasteiger partial charge < -0.3 is 5.43 Å². The molecule has 0 fully saturated rings. The fraction of sp³-hybridized carbons (Fsp3) is 0.714. The number of rotatable bonds is 0. The fourth-order valence-electron chi connectivity index (χ4n) is 0.737. The highest BCUT2D eigenvalue weighted by molar-refractivity contribution is 8.14. The highest BCUT2D eigenvalue weighted by atomic mass is 32.2. The van der Waals surface area contributed by atoms with Crippen molar-refractivity contribution in [2.45, 2.75) is 20.8 Å². The summed E-state index contributed by atoms with van der Waals surface area (Å²) in [6, 6.07) is 0. The van der Waals surface area contributed by atoms with Gasteiger partial charge >= 0.3 is 0 Å². The molecule has 0 bridgehead atoms. The predicted molar refractivity (Wildman–Crippen MR) is 54.1 cm³/mol. The van der Waals surface area contributed by atoms with E-state index < -0.39 is 0 Å². The first-order chi connectivity index (χ1) is 5.54. The number of nitrogens with zero attached hydrogens (tertiary/aromatic N) is 2. The van der Waals surface area contributed by atoms with Crippen LogP contribution in [0.5, 0.6) is 0 Å². The molecule has 1 rings (SSSR count). The molecule has 1 heterocycles. The quantitative estimate of drug-likeness (QED) is 0.437. The van der Waals surface area contributed by atoms with Crippen LogP contribution in [0.15, 0.2) is 10.2 Å². The van der Waals surface area contributed by atoms with Gasteiger partial charge in [0.2, 0.25) is 0 Å². The summed E-state index contributed by atoms with van der Waals surface area (Å²) in [4.78, 5) is 0. The lowest BCUT2D eigenvalue weighted by Crippen LogP contribution is -2.32. The second kappa shape index (κ2) is 3.45. The van der Waals surface area contributed by atoms with Crippen molar-refractivity contribution in [1.29, 1.82) is 0 Å². The van der Waals surface area contributed by atoms with Gasteiger partial charge in [0, 0.05) is 11.2 Å². The molecule has 68 valence electrons. The van der Waals surface area contributed by atoms with Crippen LogP contribution in [0.1, 0.15) is 20.8 Å². The fourth-order valence-corrected chi connectivity index (χ4v) is 1.68. The van der Waals surface area contributed by atoms with E-state index in [0.29, 0.717) is 5.17 Å². The van der Waals surface area contributed by atoms with Gasteiger partial charge in [-0.15, -0.1) is 5.10 Å². The van der Waals surface area contributed by atoms with Gasteiger partial charge in [-0.2, -0.15) is 5.10 Å². The molecule has 0 amide bonds. The van der Waals surface area contributed by atoms with Crippen molar-refractivity contribution >= 4 is 22.6 Å². The molecule has 5 heteroatoms. The maximum atomic E-state index is 5.19. The molecule has 1 aliphatic rings. The Morgan fingerprint density at radius 3 is 2.42 bits per heavy atom. The van der Waals surface area contributed by atoms with Crippen LogP contribution in [0.2, 0.25) is 0 Å². The molecule has 3 N–H and O–H groups in total. The minimum atomic E-state index is 0.108. The van der Waals surface area contributed by atoms with E-state index in [1.54, 1.807) is 11.8 Å². The Kier molecular flexibility index (Phi) is 2.74. The van der Waals surface area contributed by atoms with Gasteiger partial charge in [0.15, 0.2) is 5.17 Å². The second-order valence-electron chi connectivity index (χ2n) is 3.63. The molecule has 0 unspecified atom stereocenters. The summed E-state index contributed by atoms with van der Waals surface area (Å²) < 4.78 is 0. The summed E-state index contributed by atoms with van der Waals surface area (Å²) in [6.07, 6.45) is 0. The molecule has 0 saturated heterocycles. The Hall–Kier alpha value is -0.550. The highest BCUT2D eigenvalue weighted by Gasteiger charge is 2.22. The van der Waals surface area contributed by atoms with Gasteiger partial charge in [-0.25, -0.2) is 5.84 Å². The van der Waals surface area contributed by atoms with Gasteiger partial charge in [0.05, 0.1) is 5.71 Å².